The van der Waals surface area contributed by atoms with E-state index in [9.17, 15) is 9.59 Å². The van der Waals surface area contributed by atoms with Gasteiger partial charge in [0.1, 0.15) is 11.1 Å². The lowest BCUT2D eigenvalue weighted by Crippen LogP contribution is -2.29. The molecule has 0 spiro atoms. The minimum atomic E-state index is -0.247. The Morgan fingerprint density at radius 1 is 1.22 bits per heavy atom. The van der Waals surface area contributed by atoms with E-state index in [4.69, 9.17) is 14.1 Å². The summed E-state index contributed by atoms with van der Waals surface area (Å²) in [5, 5.41) is 4.21. The van der Waals surface area contributed by atoms with Crippen LogP contribution in [0.1, 0.15) is 18.4 Å². The Bertz CT molecular complexity index is 1350. The van der Waals surface area contributed by atoms with Crippen LogP contribution in [0.15, 0.2) is 62.9 Å². The molecule has 0 radical (unpaired) electrons. The Morgan fingerprint density at radius 2 is 2.03 bits per heavy atom. The number of hydrogen-bond acceptors (Lipinski definition) is 6. The summed E-state index contributed by atoms with van der Waals surface area (Å²) < 4.78 is 13.2. The molecule has 1 aliphatic rings. The van der Waals surface area contributed by atoms with Gasteiger partial charge in [-0.1, -0.05) is 42.1 Å². The van der Waals surface area contributed by atoms with Gasteiger partial charge in [-0.25, -0.2) is 4.98 Å². The van der Waals surface area contributed by atoms with E-state index in [2.05, 4.69) is 5.32 Å². The van der Waals surface area contributed by atoms with Crippen molar-refractivity contribution >= 4 is 45.4 Å². The predicted molar refractivity (Wildman–Crippen MR) is 125 cm³/mol. The SMILES string of the molecule is Cc1ccccc1NC(=O)CSc1nc2c(oc3ccccc32)c(=O)n1CC1CCCO1. The number of carbonyl (C=O) groups is 1. The first-order chi connectivity index (χ1) is 15.6. The zero-order valence-corrected chi connectivity index (χ0v) is 18.5. The van der Waals surface area contributed by atoms with Crippen molar-refractivity contribution in [3.8, 4) is 0 Å². The molecule has 1 saturated heterocycles. The Morgan fingerprint density at radius 3 is 2.84 bits per heavy atom. The van der Waals surface area contributed by atoms with E-state index in [-0.39, 0.29) is 28.9 Å². The maximum absolute atomic E-state index is 13.3. The number of furan rings is 1. The molecule has 4 aromatic rings. The van der Waals surface area contributed by atoms with E-state index in [0.29, 0.717) is 29.4 Å². The van der Waals surface area contributed by atoms with Gasteiger partial charge in [-0.05, 0) is 43.5 Å². The minimum Gasteiger partial charge on any atom is -0.448 e. The Kier molecular flexibility index (Phi) is 5.71. The molecule has 1 atom stereocenters. The number of nitrogens with one attached hydrogen (secondary N) is 1. The van der Waals surface area contributed by atoms with Crippen LogP contribution in [0.25, 0.3) is 22.1 Å². The number of rotatable bonds is 6. The molecule has 7 nitrogen and oxygen atoms in total. The van der Waals surface area contributed by atoms with Crippen molar-refractivity contribution in [3.05, 3.63) is 64.4 Å². The number of hydrogen-bond donors (Lipinski definition) is 1. The van der Waals surface area contributed by atoms with Gasteiger partial charge in [0.15, 0.2) is 5.16 Å². The maximum atomic E-state index is 13.3. The van der Waals surface area contributed by atoms with Gasteiger partial charge < -0.3 is 14.5 Å². The first-order valence-corrected chi connectivity index (χ1v) is 11.6. The fourth-order valence-electron chi connectivity index (χ4n) is 3.95. The average molecular weight is 450 g/mol. The molecule has 1 unspecified atom stereocenters. The number of ether oxygens (including phenoxy) is 1. The molecule has 2 aromatic carbocycles. The van der Waals surface area contributed by atoms with Gasteiger partial charge in [-0.3, -0.25) is 14.2 Å². The number of anilines is 1. The van der Waals surface area contributed by atoms with Crippen LogP contribution in [0.3, 0.4) is 0 Å². The highest BCUT2D eigenvalue weighted by molar-refractivity contribution is 7.99. The van der Waals surface area contributed by atoms with Crippen LogP contribution in [-0.2, 0) is 16.1 Å². The molecule has 2 aromatic heterocycles. The molecular formula is C24H23N3O4S. The molecule has 8 heteroatoms. The topological polar surface area (TPSA) is 86.4 Å². The summed E-state index contributed by atoms with van der Waals surface area (Å²) in [7, 11) is 0. The molecule has 0 aliphatic carbocycles. The van der Waals surface area contributed by atoms with Crippen molar-refractivity contribution in [2.45, 2.75) is 37.6 Å². The molecule has 3 heterocycles. The van der Waals surface area contributed by atoms with Crippen molar-refractivity contribution in [3.63, 3.8) is 0 Å². The van der Waals surface area contributed by atoms with Crippen LogP contribution < -0.4 is 10.9 Å². The van der Waals surface area contributed by atoms with E-state index in [1.54, 1.807) is 4.57 Å². The number of benzene rings is 2. The quantitative estimate of drug-likeness (QED) is 0.348. The lowest BCUT2D eigenvalue weighted by molar-refractivity contribution is -0.113. The van der Waals surface area contributed by atoms with Gasteiger partial charge in [0, 0.05) is 17.7 Å². The summed E-state index contributed by atoms with van der Waals surface area (Å²) in [5.41, 5.74) is 2.90. The first-order valence-electron chi connectivity index (χ1n) is 10.6. The van der Waals surface area contributed by atoms with Gasteiger partial charge >= 0.3 is 0 Å². The lowest BCUT2D eigenvalue weighted by atomic mass is 10.2. The Balaban J connectivity index is 1.48. The highest BCUT2D eigenvalue weighted by Crippen LogP contribution is 2.28. The molecule has 0 bridgehead atoms. The second kappa shape index (κ2) is 8.80. The summed E-state index contributed by atoms with van der Waals surface area (Å²) in [6, 6.07) is 15.1. The minimum absolute atomic E-state index is 0.0449. The van der Waals surface area contributed by atoms with Crippen LogP contribution in [-0.4, -0.2) is 33.9 Å². The standard InChI is InChI=1S/C24H23N3O4S/c1-15-7-2-4-10-18(15)25-20(28)14-32-24-26-21-17-9-3-5-11-19(17)31-22(21)23(29)27(24)13-16-8-6-12-30-16/h2-5,7,9-11,16H,6,8,12-14H2,1H3,(H,25,28). The van der Waals surface area contributed by atoms with Gasteiger partial charge in [0.05, 0.1) is 18.4 Å². The van der Waals surface area contributed by atoms with Gasteiger partial charge in [0.2, 0.25) is 11.5 Å². The fourth-order valence-corrected chi connectivity index (χ4v) is 4.75. The third kappa shape index (κ3) is 4.03. The largest absolute Gasteiger partial charge is 0.448 e. The van der Waals surface area contributed by atoms with Crippen molar-refractivity contribution in [2.75, 3.05) is 17.7 Å². The number of para-hydroxylation sites is 2. The number of thioether (sulfide) groups is 1. The van der Waals surface area contributed by atoms with Crippen molar-refractivity contribution in [1.29, 1.82) is 0 Å². The van der Waals surface area contributed by atoms with Crippen LogP contribution in [0.4, 0.5) is 5.69 Å². The van der Waals surface area contributed by atoms with E-state index < -0.39 is 0 Å². The van der Waals surface area contributed by atoms with Crippen LogP contribution in [0.5, 0.6) is 0 Å². The molecule has 1 aliphatic heterocycles. The van der Waals surface area contributed by atoms with Crippen LogP contribution in [0.2, 0.25) is 0 Å². The van der Waals surface area contributed by atoms with Crippen molar-refractivity contribution < 1.29 is 13.9 Å². The maximum Gasteiger partial charge on any atom is 0.297 e. The molecule has 1 fully saturated rings. The average Bonchev–Trinajstić information content (AvgIpc) is 3.44. The van der Waals surface area contributed by atoms with Crippen LogP contribution in [0, 0.1) is 6.92 Å². The lowest BCUT2D eigenvalue weighted by Gasteiger charge is -2.15. The third-order valence-electron chi connectivity index (χ3n) is 5.61. The number of carbonyl (C=O) groups excluding carboxylic acids is 1. The number of amides is 1. The van der Waals surface area contributed by atoms with Crippen molar-refractivity contribution in [2.24, 2.45) is 0 Å². The molecular weight excluding hydrogens is 426 g/mol. The highest BCUT2D eigenvalue weighted by atomic mass is 32.2. The summed E-state index contributed by atoms with van der Waals surface area (Å²) in [6.07, 6.45) is 1.82. The van der Waals surface area contributed by atoms with Crippen molar-refractivity contribution in [1.82, 2.24) is 9.55 Å². The predicted octanol–water partition coefficient (Wildman–Crippen LogP) is 4.36. The first kappa shape index (κ1) is 20.8. The third-order valence-corrected chi connectivity index (χ3v) is 6.59. The molecule has 1 N–H and O–H groups in total. The second-order valence-corrected chi connectivity index (χ2v) is 8.82. The van der Waals surface area contributed by atoms with E-state index in [0.717, 1.165) is 29.5 Å². The smallest absolute Gasteiger partial charge is 0.297 e. The number of nitrogens with zero attached hydrogens (tertiary/aromatic N) is 2. The van der Waals surface area contributed by atoms with Gasteiger partial charge in [0.25, 0.3) is 5.56 Å². The zero-order valence-electron chi connectivity index (χ0n) is 17.7. The summed E-state index contributed by atoms with van der Waals surface area (Å²) in [4.78, 5) is 30.7. The van der Waals surface area contributed by atoms with Crippen LogP contribution >= 0.6 is 11.8 Å². The number of aromatic nitrogens is 2. The Labute approximate surface area is 188 Å². The van der Waals surface area contributed by atoms with E-state index >= 15 is 0 Å². The fraction of sp³-hybridized carbons (Fsp3) is 0.292. The second-order valence-electron chi connectivity index (χ2n) is 7.87. The van der Waals surface area contributed by atoms with Gasteiger partial charge in [-0.15, -0.1) is 0 Å². The summed E-state index contributed by atoms with van der Waals surface area (Å²) >= 11 is 1.25. The molecule has 32 heavy (non-hydrogen) atoms. The van der Waals surface area contributed by atoms with E-state index in [1.807, 2.05) is 55.5 Å². The van der Waals surface area contributed by atoms with E-state index in [1.165, 1.54) is 11.8 Å². The summed E-state index contributed by atoms with van der Waals surface area (Å²) in [5.74, 6) is -0.0208. The number of aryl methyl sites for hydroxylation is 1. The highest BCUT2D eigenvalue weighted by Gasteiger charge is 2.23. The Hall–Kier alpha value is -3.10. The zero-order chi connectivity index (χ0) is 22.1. The molecule has 164 valence electrons. The molecule has 0 saturated carbocycles. The van der Waals surface area contributed by atoms with Gasteiger partial charge in [-0.2, -0.15) is 0 Å². The summed E-state index contributed by atoms with van der Waals surface area (Å²) in [6.45, 7) is 3.03. The normalized spacial score (nSPS) is 16.1. The number of fused-ring (bicyclic) bond motifs is 3. The monoisotopic (exact) mass is 449 g/mol. The molecule has 5 rings (SSSR count). The molecule has 1 amide bonds.